The first-order chi connectivity index (χ1) is 9.84. The van der Waals surface area contributed by atoms with Crippen molar-refractivity contribution < 1.29 is 14.7 Å². The Labute approximate surface area is 128 Å². The molecule has 0 aromatic heterocycles. The summed E-state index contributed by atoms with van der Waals surface area (Å²) < 4.78 is 0. The molecule has 21 heavy (non-hydrogen) atoms. The van der Waals surface area contributed by atoms with Crippen molar-refractivity contribution in [2.75, 3.05) is 5.32 Å². The Kier molecular flexibility index (Phi) is 4.42. The lowest BCUT2D eigenvalue weighted by molar-refractivity contribution is -0.144. The average Bonchev–Trinajstić information content (AvgIpc) is 2.40. The summed E-state index contributed by atoms with van der Waals surface area (Å²) in [6.45, 7) is 2.05. The molecule has 4 N–H and O–H groups in total. The molecule has 0 bridgehead atoms. The second-order valence-electron chi connectivity index (χ2n) is 5.77. The van der Waals surface area contributed by atoms with Crippen molar-refractivity contribution in [2.24, 2.45) is 11.7 Å². The first-order valence-electron chi connectivity index (χ1n) is 6.95. The summed E-state index contributed by atoms with van der Waals surface area (Å²) in [5, 5.41) is 13.0. The van der Waals surface area contributed by atoms with E-state index < -0.39 is 17.4 Å². The number of carbonyl (C=O) groups excluding carboxylic acids is 1. The number of carboxylic acid groups (broad SMARTS) is 1. The third-order valence-electron chi connectivity index (χ3n) is 4.03. The van der Waals surface area contributed by atoms with E-state index in [0.29, 0.717) is 35.0 Å². The van der Waals surface area contributed by atoms with Crippen LogP contribution in [0.25, 0.3) is 0 Å². The topological polar surface area (TPSA) is 92.4 Å². The van der Waals surface area contributed by atoms with Gasteiger partial charge < -0.3 is 16.2 Å². The number of aliphatic carboxylic acids is 1. The van der Waals surface area contributed by atoms with Gasteiger partial charge in [-0.2, -0.15) is 0 Å². The average molecular weight is 311 g/mol. The first kappa shape index (κ1) is 15.6. The van der Waals surface area contributed by atoms with E-state index in [1.807, 2.05) is 0 Å². The molecule has 0 saturated heterocycles. The molecule has 2 rings (SSSR count). The first-order valence-corrected chi connectivity index (χ1v) is 7.33. The third kappa shape index (κ3) is 3.29. The van der Waals surface area contributed by atoms with E-state index in [-0.39, 0.29) is 0 Å². The Bertz CT molecular complexity index is 576. The second kappa shape index (κ2) is 5.93. The van der Waals surface area contributed by atoms with Gasteiger partial charge in [-0.05, 0) is 37.0 Å². The number of halogens is 1. The van der Waals surface area contributed by atoms with Gasteiger partial charge in [0.25, 0.3) is 0 Å². The van der Waals surface area contributed by atoms with Crippen LogP contribution >= 0.6 is 11.6 Å². The third-order valence-corrected chi connectivity index (χ3v) is 4.35. The molecule has 2 unspecified atom stereocenters. The molecular formula is C15H19ClN2O3. The quantitative estimate of drug-likeness (QED) is 0.797. The fourth-order valence-corrected chi connectivity index (χ4v) is 3.17. The van der Waals surface area contributed by atoms with Crippen LogP contribution in [0.4, 0.5) is 5.69 Å². The molecule has 1 saturated carbocycles. The molecular weight excluding hydrogens is 292 g/mol. The summed E-state index contributed by atoms with van der Waals surface area (Å²) in [6.07, 6.45) is 3.00. The van der Waals surface area contributed by atoms with Gasteiger partial charge in [-0.3, -0.25) is 4.79 Å². The fourth-order valence-electron chi connectivity index (χ4n) is 2.94. The summed E-state index contributed by atoms with van der Waals surface area (Å²) >= 11 is 6.13. The molecule has 0 heterocycles. The van der Waals surface area contributed by atoms with Crippen LogP contribution in [0.15, 0.2) is 18.2 Å². The minimum atomic E-state index is -1.00. The van der Waals surface area contributed by atoms with Crippen molar-refractivity contribution in [1.82, 2.24) is 0 Å². The van der Waals surface area contributed by atoms with E-state index in [9.17, 15) is 14.7 Å². The summed E-state index contributed by atoms with van der Waals surface area (Å²) in [7, 11) is 0. The van der Waals surface area contributed by atoms with Crippen molar-refractivity contribution >= 4 is 29.2 Å². The van der Waals surface area contributed by atoms with Crippen LogP contribution < -0.4 is 11.1 Å². The highest BCUT2D eigenvalue weighted by atomic mass is 35.5. The van der Waals surface area contributed by atoms with Gasteiger partial charge in [0.1, 0.15) is 5.54 Å². The van der Waals surface area contributed by atoms with Gasteiger partial charge in [0.15, 0.2) is 0 Å². The number of amides is 1. The van der Waals surface area contributed by atoms with Gasteiger partial charge in [-0.15, -0.1) is 0 Å². The van der Waals surface area contributed by atoms with Crippen molar-refractivity contribution in [1.29, 1.82) is 0 Å². The fraction of sp³-hybridized carbons (Fsp3) is 0.467. The number of carboxylic acids is 1. The Balaban J connectivity index is 2.29. The number of anilines is 1. The van der Waals surface area contributed by atoms with Gasteiger partial charge >= 0.3 is 5.97 Å². The number of hydrogen-bond donors (Lipinski definition) is 3. The zero-order valence-electron chi connectivity index (χ0n) is 11.9. The molecule has 6 heteroatoms. The Morgan fingerprint density at radius 1 is 1.48 bits per heavy atom. The zero-order chi connectivity index (χ0) is 15.6. The summed E-state index contributed by atoms with van der Waals surface area (Å²) in [5.41, 5.74) is 5.00. The molecule has 0 spiro atoms. The maximum absolute atomic E-state index is 11.7. The molecule has 114 valence electrons. The van der Waals surface area contributed by atoms with E-state index in [1.165, 1.54) is 6.07 Å². The second-order valence-corrected chi connectivity index (χ2v) is 6.18. The number of carbonyl (C=O) groups is 2. The molecule has 1 aromatic rings. The van der Waals surface area contributed by atoms with E-state index in [4.69, 9.17) is 17.3 Å². The predicted molar refractivity (Wildman–Crippen MR) is 81.6 cm³/mol. The lowest BCUT2D eigenvalue weighted by Crippen LogP contribution is -2.49. The predicted octanol–water partition coefficient (Wildman–Crippen LogP) is 2.88. The number of nitrogens with two attached hydrogens (primary N) is 1. The van der Waals surface area contributed by atoms with Gasteiger partial charge in [0, 0.05) is 5.56 Å². The molecule has 1 amide bonds. The monoisotopic (exact) mass is 310 g/mol. The summed E-state index contributed by atoms with van der Waals surface area (Å²) in [4.78, 5) is 22.9. The normalized spacial score (nSPS) is 25.3. The lowest BCUT2D eigenvalue weighted by Gasteiger charge is -2.38. The summed E-state index contributed by atoms with van der Waals surface area (Å²) in [5.74, 6) is -1.10. The Morgan fingerprint density at radius 3 is 2.71 bits per heavy atom. The number of benzene rings is 1. The summed E-state index contributed by atoms with van der Waals surface area (Å²) in [6, 6.07) is 4.60. The highest BCUT2D eigenvalue weighted by Gasteiger charge is 2.42. The van der Waals surface area contributed by atoms with Crippen LogP contribution in [0.2, 0.25) is 5.02 Å². The maximum atomic E-state index is 11.7. The van der Waals surface area contributed by atoms with Crippen LogP contribution in [-0.4, -0.2) is 22.5 Å². The molecule has 1 fully saturated rings. The largest absolute Gasteiger partial charge is 0.480 e. The minimum absolute atomic E-state index is 0.296. The van der Waals surface area contributed by atoms with E-state index in [0.717, 1.165) is 12.8 Å². The van der Waals surface area contributed by atoms with Gasteiger partial charge in [-0.1, -0.05) is 31.4 Å². The number of rotatable bonds is 4. The van der Waals surface area contributed by atoms with Crippen molar-refractivity contribution in [3.63, 3.8) is 0 Å². The molecule has 1 aliphatic rings. The van der Waals surface area contributed by atoms with Crippen molar-refractivity contribution in [3.05, 3.63) is 28.8 Å². The van der Waals surface area contributed by atoms with Crippen molar-refractivity contribution in [2.45, 2.75) is 38.1 Å². The van der Waals surface area contributed by atoms with Gasteiger partial charge in [0.2, 0.25) is 5.91 Å². The number of hydrogen-bond acceptors (Lipinski definition) is 3. The van der Waals surface area contributed by atoms with Crippen LogP contribution in [-0.2, 0) is 4.79 Å². The standard InChI is InChI=1S/C15H19ClN2O3/c1-9-3-2-6-15(8-9,14(20)21)18-12-5-4-10(13(17)19)7-11(12)16/h4-5,7,9,18H,2-3,6,8H2,1H3,(H2,17,19)(H,20,21). The van der Waals surface area contributed by atoms with E-state index in [1.54, 1.807) is 12.1 Å². The highest BCUT2D eigenvalue weighted by Crippen LogP contribution is 2.37. The van der Waals surface area contributed by atoms with E-state index in [2.05, 4.69) is 12.2 Å². The number of primary amides is 1. The van der Waals surface area contributed by atoms with Crippen LogP contribution in [0, 0.1) is 5.92 Å². The molecule has 5 nitrogen and oxygen atoms in total. The Morgan fingerprint density at radius 2 is 2.19 bits per heavy atom. The Hall–Kier alpha value is -1.75. The van der Waals surface area contributed by atoms with Crippen LogP contribution in [0.3, 0.4) is 0 Å². The van der Waals surface area contributed by atoms with Crippen LogP contribution in [0.5, 0.6) is 0 Å². The SMILES string of the molecule is CC1CCCC(Nc2ccc(C(N)=O)cc2Cl)(C(=O)O)C1. The van der Waals surface area contributed by atoms with E-state index >= 15 is 0 Å². The molecule has 1 aliphatic carbocycles. The van der Waals surface area contributed by atoms with Crippen molar-refractivity contribution in [3.8, 4) is 0 Å². The lowest BCUT2D eigenvalue weighted by atomic mass is 9.76. The molecule has 2 atom stereocenters. The van der Waals surface area contributed by atoms with Gasteiger partial charge in [0.05, 0.1) is 10.7 Å². The van der Waals surface area contributed by atoms with Crippen LogP contribution in [0.1, 0.15) is 43.0 Å². The highest BCUT2D eigenvalue weighted by molar-refractivity contribution is 6.33. The number of nitrogens with one attached hydrogen (secondary N) is 1. The molecule has 0 aliphatic heterocycles. The van der Waals surface area contributed by atoms with Gasteiger partial charge in [-0.25, -0.2) is 4.79 Å². The molecule has 1 aromatic carbocycles. The zero-order valence-corrected chi connectivity index (χ0v) is 12.6. The smallest absolute Gasteiger partial charge is 0.329 e. The maximum Gasteiger partial charge on any atom is 0.329 e. The minimum Gasteiger partial charge on any atom is -0.480 e. The molecule has 0 radical (unpaired) electrons.